The maximum atomic E-state index is 9.47. The van der Waals surface area contributed by atoms with Gasteiger partial charge in [0.1, 0.15) is 0 Å². The molecule has 0 aromatic heterocycles. The van der Waals surface area contributed by atoms with Crippen molar-refractivity contribution in [2.75, 3.05) is 0 Å². The molecule has 1 aliphatic rings. The zero-order valence-electron chi connectivity index (χ0n) is 7.79. The van der Waals surface area contributed by atoms with Gasteiger partial charge in [-0.2, -0.15) is 0 Å². The number of hydrogen-bond donors (Lipinski definition) is 1. The highest BCUT2D eigenvalue weighted by atomic mass is 16.6. The van der Waals surface area contributed by atoms with Gasteiger partial charge in [0.25, 0.3) is 0 Å². The molecule has 0 spiro atoms. The monoisotopic (exact) mass is 158 g/mol. The molecular formula is C9H18O2. The van der Waals surface area contributed by atoms with Crippen LogP contribution < -0.4 is 0 Å². The average Bonchev–Trinajstić information content (AvgIpc) is 2.05. The summed E-state index contributed by atoms with van der Waals surface area (Å²) in [5.74, 6) is 0.816. The third kappa shape index (κ3) is 1.94. The minimum Gasteiger partial charge on any atom is -0.368 e. The van der Waals surface area contributed by atoms with Gasteiger partial charge in [0.05, 0.1) is 5.60 Å². The van der Waals surface area contributed by atoms with Gasteiger partial charge in [-0.05, 0) is 26.2 Å². The Hall–Kier alpha value is -0.0800. The molecule has 1 fully saturated rings. The van der Waals surface area contributed by atoms with Crippen LogP contribution >= 0.6 is 0 Å². The molecule has 2 unspecified atom stereocenters. The summed E-state index contributed by atoms with van der Waals surface area (Å²) in [4.78, 5) is 0. The highest BCUT2D eigenvalue weighted by Crippen LogP contribution is 2.37. The molecule has 2 atom stereocenters. The first kappa shape index (κ1) is 9.01. The van der Waals surface area contributed by atoms with Crippen LogP contribution in [0.5, 0.6) is 0 Å². The molecule has 0 aromatic rings. The van der Waals surface area contributed by atoms with Crippen LogP contribution in [0.1, 0.15) is 34.1 Å². The fourth-order valence-corrected chi connectivity index (χ4v) is 1.70. The fraction of sp³-hybridized carbons (Fsp3) is 1.00. The van der Waals surface area contributed by atoms with Crippen molar-refractivity contribution < 1.29 is 9.84 Å². The SMILES string of the molecule is CC(C)C1CC(C)(C)OC1O. The van der Waals surface area contributed by atoms with Crippen LogP contribution in [0.4, 0.5) is 0 Å². The number of aliphatic hydroxyl groups excluding tert-OH is 1. The largest absolute Gasteiger partial charge is 0.368 e. The lowest BCUT2D eigenvalue weighted by molar-refractivity contribution is -0.139. The van der Waals surface area contributed by atoms with Crippen molar-refractivity contribution in [3.63, 3.8) is 0 Å². The minimum absolute atomic E-state index is 0.131. The second kappa shape index (κ2) is 2.76. The van der Waals surface area contributed by atoms with E-state index in [1.165, 1.54) is 0 Å². The van der Waals surface area contributed by atoms with Crippen LogP contribution in [0.15, 0.2) is 0 Å². The molecule has 0 radical (unpaired) electrons. The predicted octanol–water partition coefficient (Wildman–Crippen LogP) is 1.78. The summed E-state index contributed by atoms with van der Waals surface area (Å²) in [7, 11) is 0. The Morgan fingerprint density at radius 1 is 1.45 bits per heavy atom. The van der Waals surface area contributed by atoms with Crippen molar-refractivity contribution in [3.8, 4) is 0 Å². The van der Waals surface area contributed by atoms with Gasteiger partial charge in [-0.3, -0.25) is 0 Å². The highest BCUT2D eigenvalue weighted by Gasteiger charge is 2.40. The molecule has 11 heavy (non-hydrogen) atoms. The topological polar surface area (TPSA) is 29.5 Å². The molecule has 1 rings (SSSR count). The van der Waals surface area contributed by atoms with Gasteiger partial charge in [0.2, 0.25) is 0 Å². The summed E-state index contributed by atoms with van der Waals surface area (Å²) in [6.45, 7) is 8.30. The van der Waals surface area contributed by atoms with Gasteiger partial charge in [0, 0.05) is 5.92 Å². The molecule has 2 heteroatoms. The summed E-state index contributed by atoms with van der Waals surface area (Å²) in [5, 5.41) is 9.47. The summed E-state index contributed by atoms with van der Waals surface area (Å²) >= 11 is 0. The Morgan fingerprint density at radius 3 is 2.18 bits per heavy atom. The Balaban J connectivity index is 2.59. The third-order valence-corrected chi connectivity index (χ3v) is 2.39. The lowest BCUT2D eigenvalue weighted by Gasteiger charge is -2.15. The number of aliphatic hydroxyl groups is 1. The lowest BCUT2D eigenvalue weighted by Crippen LogP contribution is -2.20. The van der Waals surface area contributed by atoms with E-state index in [0.29, 0.717) is 11.8 Å². The van der Waals surface area contributed by atoms with Crippen molar-refractivity contribution in [3.05, 3.63) is 0 Å². The standard InChI is InChI=1S/C9H18O2/c1-6(2)7-5-9(3,4)11-8(7)10/h6-8,10H,5H2,1-4H3. The molecule has 0 aliphatic carbocycles. The number of rotatable bonds is 1. The second-order valence-electron chi connectivity index (χ2n) is 4.38. The van der Waals surface area contributed by atoms with E-state index in [1.807, 2.05) is 13.8 Å². The van der Waals surface area contributed by atoms with Gasteiger partial charge in [-0.15, -0.1) is 0 Å². The normalized spacial score (nSPS) is 36.5. The quantitative estimate of drug-likeness (QED) is 0.630. The minimum atomic E-state index is -0.551. The van der Waals surface area contributed by atoms with Gasteiger partial charge in [-0.25, -0.2) is 0 Å². The van der Waals surface area contributed by atoms with Crippen molar-refractivity contribution in [2.24, 2.45) is 11.8 Å². The van der Waals surface area contributed by atoms with E-state index in [2.05, 4.69) is 13.8 Å². The van der Waals surface area contributed by atoms with E-state index < -0.39 is 6.29 Å². The van der Waals surface area contributed by atoms with Crippen LogP contribution in [0, 0.1) is 11.8 Å². The average molecular weight is 158 g/mol. The Morgan fingerprint density at radius 2 is 2.00 bits per heavy atom. The summed E-state index contributed by atoms with van der Waals surface area (Å²) < 4.78 is 5.38. The third-order valence-electron chi connectivity index (χ3n) is 2.39. The molecule has 0 bridgehead atoms. The van der Waals surface area contributed by atoms with Crippen molar-refractivity contribution >= 4 is 0 Å². The molecule has 1 saturated heterocycles. The van der Waals surface area contributed by atoms with E-state index in [1.54, 1.807) is 0 Å². The Kier molecular flexibility index (Phi) is 2.26. The predicted molar refractivity (Wildman–Crippen MR) is 44.1 cm³/mol. The second-order valence-corrected chi connectivity index (χ2v) is 4.38. The van der Waals surface area contributed by atoms with E-state index in [-0.39, 0.29) is 5.60 Å². The smallest absolute Gasteiger partial charge is 0.158 e. The molecule has 1 heterocycles. The van der Waals surface area contributed by atoms with Crippen molar-refractivity contribution in [1.29, 1.82) is 0 Å². The molecule has 1 N–H and O–H groups in total. The van der Waals surface area contributed by atoms with E-state index in [4.69, 9.17) is 4.74 Å². The van der Waals surface area contributed by atoms with E-state index in [0.717, 1.165) is 6.42 Å². The summed E-state index contributed by atoms with van der Waals surface area (Å²) in [6.07, 6.45) is 0.413. The Bertz CT molecular complexity index is 140. The first-order chi connectivity index (χ1) is 4.92. The van der Waals surface area contributed by atoms with Gasteiger partial charge < -0.3 is 9.84 Å². The van der Waals surface area contributed by atoms with Crippen LogP contribution in [-0.2, 0) is 4.74 Å². The van der Waals surface area contributed by atoms with Crippen molar-refractivity contribution in [1.82, 2.24) is 0 Å². The number of hydrogen-bond acceptors (Lipinski definition) is 2. The zero-order valence-corrected chi connectivity index (χ0v) is 7.79. The highest BCUT2D eigenvalue weighted by molar-refractivity contribution is 4.84. The lowest BCUT2D eigenvalue weighted by atomic mass is 9.88. The molecule has 1 aliphatic heterocycles. The maximum absolute atomic E-state index is 9.47. The summed E-state index contributed by atoms with van der Waals surface area (Å²) in [6, 6.07) is 0. The first-order valence-electron chi connectivity index (χ1n) is 4.28. The first-order valence-corrected chi connectivity index (χ1v) is 4.28. The molecule has 0 amide bonds. The number of ether oxygens (including phenoxy) is 1. The van der Waals surface area contributed by atoms with Gasteiger partial charge >= 0.3 is 0 Å². The van der Waals surface area contributed by atoms with Crippen LogP contribution in [0.2, 0.25) is 0 Å². The molecule has 0 saturated carbocycles. The van der Waals surface area contributed by atoms with Crippen LogP contribution in [0.3, 0.4) is 0 Å². The van der Waals surface area contributed by atoms with Crippen molar-refractivity contribution in [2.45, 2.75) is 46.0 Å². The summed E-state index contributed by atoms with van der Waals surface area (Å²) in [5.41, 5.74) is -0.131. The van der Waals surface area contributed by atoms with Crippen LogP contribution in [-0.4, -0.2) is 17.0 Å². The molecule has 0 aromatic carbocycles. The molecule has 66 valence electrons. The maximum Gasteiger partial charge on any atom is 0.158 e. The molecular weight excluding hydrogens is 140 g/mol. The van der Waals surface area contributed by atoms with Gasteiger partial charge in [-0.1, -0.05) is 13.8 Å². The Labute approximate surface area is 68.6 Å². The van der Waals surface area contributed by atoms with E-state index in [9.17, 15) is 5.11 Å². The fourth-order valence-electron chi connectivity index (χ4n) is 1.70. The van der Waals surface area contributed by atoms with Crippen LogP contribution in [0.25, 0.3) is 0 Å². The zero-order chi connectivity index (χ0) is 8.65. The van der Waals surface area contributed by atoms with E-state index >= 15 is 0 Å². The molecule has 2 nitrogen and oxygen atoms in total. The van der Waals surface area contributed by atoms with Gasteiger partial charge in [0.15, 0.2) is 6.29 Å².